The first-order valence-electron chi connectivity index (χ1n) is 7.46. The molecule has 0 aliphatic heterocycles. The minimum atomic E-state index is -0.238. The molecule has 1 heterocycles. The van der Waals surface area contributed by atoms with E-state index in [1.54, 1.807) is 24.2 Å². The molecule has 5 nitrogen and oxygen atoms in total. The quantitative estimate of drug-likeness (QED) is 0.797. The smallest absolute Gasteiger partial charge is 0.239 e. The molecule has 0 fully saturated rings. The summed E-state index contributed by atoms with van der Waals surface area (Å²) in [6.45, 7) is 6.03. The Hall–Kier alpha value is -2.08. The lowest BCUT2D eigenvalue weighted by atomic mass is 10.1. The Kier molecular flexibility index (Phi) is 5.98. The number of hydrogen-bond acceptors (Lipinski definition) is 5. The maximum absolute atomic E-state index is 11.8. The molecule has 1 aromatic heterocycles. The van der Waals surface area contributed by atoms with E-state index in [-0.39, 0.29) is 18.0 Å². The van der Waals surface area contributed by atoms with Gasteiger partial charge < -0.3 is 10.6 Å². The van der Waals surface area contributed by atoms with Crippen LogP contribution in [0.3, 0.4) is 0 Å². The molecule has 0 spiro atoms. The highest BCUT2D eigenvalue weighted by Gasteiger charge is 2.13. The van der Waals surface area contributed by atoms with Crippen LogP contribution in [-0.2, 0) is 10.5 Å². The second-order valence-corrected chi connectivity index (χ2v) is 7.16. The molecule has 0 radical (unpaired) electrons. The number of rotatable bonds is 6. The molecule has 2 rings (SSSR count). The number of benzene rings is 1. The van der Waals surface area contributed by atoms with Crippen molar-refractivity contribution in [3.63, 3.8) is 0 Å². The number of thioether (sulfide) groups is 1. The second kappa shape index (κ2) is 7.97. The molecule has 0 aliphatic rings. The van der Waals surface area contributed by atoms with Crippen molar-refractivity contribution in [1.82, 2.24) is 15.3 Å². The number of anilines is 1. The average Bonchev–Trinajstić information content (AvgIpc) is 2.51. The number of hydrogen-bond donors (Lipinski definition) is 2. The highest BCUT2D eigenvalue weighted by Crippen LogP contribution is 2.20. The summed E-state index contributed by atoms with van der Waals surface area (Å²) < 4.78 is 0. The number of aromatic nitrogens is 2. The molecule has 1 amide bonds. The second-order valence-electron chi connectivity index (χ2n) is 6.17. The topological polar surface area (TPSA) is 66.9 Å². The minimum Gasteiger partial charge on any atom is -0.360 e. The molecule has 0 unspecified atom stereocenters. The predicted octanol–water partition coefficient (Wildman–Crippen LogP) is 3.10. The Morgan fingerprint density at radius 2 is 1.91 bits per heavy atom. The number of nitrogens with one attached hydrogen (secondary N) is 2. The van der Waals surface area contributed by atoms with Crippen molar-refractivity contribution in [1.29, 1.82) is 0 Å². The van der Waals surface area contributed by atoms with Gasteiger partial charge in [0.2, 0.25) is 5.91 Å². The third-order valence-electron chi connectivity index (χ3n) is 2.79. The standard InChI is InChI=1S/C17H22N4OS/c1-17(2,3)21-15(22)10-19-14-9-18-11-16(20-14)23-12-13-7-5-4-6-8-13/h4-9,11H,10,12H2,1-3H3,(H,19,20)(H,21,22). The summed E-state index contributed by atoms with van der Waals surface area (Å²) in [4.78, 5) is 20.4. The largest absolute Gasteiger partial charge is 0.360 e. The van der Waals surface area contributed by atoms with Crippen molar-refractivity contribution < 1.29 is 4.79 Å². The van der Waals surface area contributed by atoms with Crippen molar-refractivity contribution in [3.8, 4) is 0 Å². The molecule has 0 atom stereocenters. The summed E-state index contributed by atoms with van der Waals surface area (Å²) in [6.07, 6.45) is 3.35. The van der Waals surface area contributed by atoms with Gasteiger partial charge in [-0.3, -0.25) is 9.78 Å². The van der Waals surface area contributed by atoms with Crippen molar-refractivity contribution in [2.24, 2.45) is 0 Å². The molecular formula is C17H22N4OS. The van der Waals surface area contributed by atoms with Crippen molar-refractivity contribution in [3.05, 3.63) is 48.3 Å². The SMILES string of the molecule is CC(C)(C)NC(=O)CNc1cncc(SCc2ccccc2)n1. The van der Waals surface area contributed by atoms with Crippen LogP contribution in [0.15, 0.2) is 47.8 Å². The Balaban J connectivity index is 1.86. The molecule has 6 heteroatoms. The number of carbonyl (C=O) groups is 1. The van der Waals surface area contributed by atoms with E-state index in [0.717, 1.165) is 10.8 Å². The highest BCUT2D eigenvalue weighted by atomic mass is 32.2. The van der Waals surface area contributed by atoms with Gasteiger partial charge in [-0.2, -0.15) is 0 Å². The predicted molar refractivity (Wildman–Crippen MR) is 94.4 cm³/mol. The fourth-order valence-electron chi connectivity index (χ4n) is 1.87. The van der Waals surface area contributed by atoms with Crippen LogP contribution in [0.4, 0.5) is 5.82 Å². The minimum absolute atomic E-state index is 0.0679. The third kappa shape index (κ3) is 6.69. The molecular weight excluding hydrogens is 308 g/mol. The zero-order valence-corrected chi connectivity index (χ0v) is 14.5. The lowest BCUT2D eigenvalue weighted by Crippen LogP contribution is -2.43. The fraction of sp³-hybridized carbons (Fsp3) is 0.353. The van der Waals surface area contributed by atoms with Crippen LogP contribution in [-0.4, -0.2) is 28.0 Å². The van der Waals surface area contributed by atoms with Gasteiger partial charge in [0, 0.05) is 11.3 Å². The van der Waals surface area contributed by atoms with Crippen molar-refractivity contribution >= 4 is 23.5 Å². The molecule has 23 heavy (non-hydrogen) atoms. The maximum Gasteiger partial charge on any atom is 0.239 e. The first-order valence-corrected chi connectivity index (χ1v) is 8.44. The van der Waals surface area contributed by atoms with Crippen LogP contribution in [0.25, 0.3) is 0 Å². The Morgan fingerprint density at radius 1 is 1.17 bits per heavy atom. The first-order chi connectivity index (χ1) is 10.9. The Bertz CT molecular complexity index is 641. The van der Waals surface area contributed by atoms with E-state index in [0.29, 0.717) is 5.82 Å². The molecule has 0 saturated carbocycles. The maximum atomic E-state index is 11.8. The average molecular weight is 330 g/mol. The number of amides is 1. The molecule has 0 saturated heterocycles. The Labute approximate surface area is 141 Å². The zero-order chi connectivity index (χ0) is 16.7. The first kappa shape index (κ1) is 17.3. The van der Waals surface area contributed by atoms with E-state index in [9.17, 15) is 4.79 Å². The third-order valence-corrected chi connectivity index (χ3v) is 3.76. The van der Waals surface area contributed by atoms with Crippen molar-refractivity contribution in [2.45, 2.75) is 37.1 Å². The molecule has 122 valence electrons. The molecule has 2 N–H and O–H groups in total. The van der Waals surface area contributed by atoms with Gasteiger partial charge in [0.05, 0.1) is 18.9 Å². The van der Waals surface area contributed by atoms with E-state index in [4.69, 9.17) is 0 Å². The van der Waals surface area contributed by atoms with Crippen LogP contribution in [0.1, 0.15) is 26.3 Å². The van der Waals surface area contributed by atoms with Gasteiger partial charge in [-0.05, 0) is 26.3 Å². The number of carbonyl (C=O) groups excluding carboxylic acids is 1. The van der Waals surface area contributed by atoms with Crippen molar-refractivity contribution in [2.75, 3.05) is 11.9 Å². The van der Waals surface area contributed by atoms with Crippen LogP contribution in [0.5, 0.6) is 0 Å². The molecule has 0 aliphatic carbocycles. The van der Waals surface area contributed by atoms with E-state index < -0.39 is 0 Å². The van der Waals surface area contributed by atoms with E-state index >= 15 is 0 Å². The highest BCUT2D eigenvalue weighted by molar-refractivity contribution is 7.98. The fourth-order valence-corrected chi connectivity index (χ4v) is 2.67. The zero-order valence-electron chi connectivity index (χ0n) is 13.7. The summed E-state index contributed by atoms with van der Waals surface area (Å²) in [7, 11) is 0. The van der Waals surface area contributed by atoms with E-state index in [2.05, 4.69) is 32.7 Å². The normalized spacial score (nSPS) is 11.1. The summed E-state index contributed by atoms with van der Waals surface area (Å²) in [5.74, 6) is 1.37. The number of nitrogens with zero attached hydrogens (tertiary/aromatic N) is 2. The van der Waals surface area contributed by atoms with Gasteiger partial charge >= 0.3 is 0 Å². The van der Waals surface area contributed by atoms with Gasteiger partial charge in [0.15, 0.2) is 0 Å². The lowest BCUT2D eigenvalue weighted by Gasteiger charge is -2.20. The Morgan fingerprint density at radius 3 is 2.61 bits per heavy atom. The van der Waals surface area contributed by atoms with Crippen LogP contribution in [0, 0.1) is 0 Å². The van der Waals surface area contributed by atoms with Gasteiger partial charge in [-0.25, -0.2) is 4.98 Å². The molecule has 1 aromatic carbocycles. The van der Waals surface area contributed by atoms with Gasteiger partial charge in [-0.15, -0.1) is 11.8 Å². The molecule has 0 bridgehead atoms. The lowest BCUT2D eigenvalue weighted by molar-refractivity contribution is -0.120. The van der Waals surface area contributed by atoms with Gasteiger partial charge in [0.25, 0.3) is 0 Å². The summed E-state index contributed by atoms with van der Waals surface area (Å²) in [6, 6.07) is 10.2. The summed E-state index contributed by atoms with van der Waals surface area (Å²) in [5, 5.41) is 6.73. The van der Waals surface area contributed by atoms with Gasteiger partial charge in [0.1, 0.15) is 10.8 Å². The van der Waals surface area contributed by atoms with Gasteiger partial charge in [-0.1, -0.05) is 30.3 Å². The summed E-state index contributed by atoms with van der Waals surface area (Å²) >= 11 is 1.62. The van der Waals surface area contributed by atoms with Crippen LogP contribution >= 0.6 is 11.8 Å². The monoisotopic (exact) mass is 330 g/mol. The van der Waals surface area contributed by atoms with E-state index in [1.807, 2.05) is 39.0 Å². The van der Waals surface area contributed by atoms with E-state index in [1.165, 1.54) is 5.56 Å². The van der Waals surface area contributed by atoms with Crippen LogP contribution in [0.2, 0.25) is 0 Å². The molecule has 2 aromatic rings. The summed E-state index contributed by atoms with van der Waals surface area (Å²) in [5.41, 5.74) is 1.000. The van der Waals surface area contributed by atoms with Crippen LogP contribution < -0.4 is 10.6 Å².